The molecule has 0 spiro atoms. The topological polar surface area (TPSA) is 61.9 Å². The van der Waals surface area contributed by atoms with Crippen molar-refractivity contribution >= 4 is 16.8 Å². The van der Waals surface area contributed by atoms with Crippen molar-refractivity contribution in [1.29, 1.82) is 5.26 Å². The van der Waals surface area contributed by atoms with Gasteiger partial charge < -0.3 is 4.90 Å². The monoisotopic (exact) mass is 410 g/mol. The Morgan fingerprint density at radius 3 is 2.80 bits per heavy atom. The van der Waals surface area contributed by atoms with Gasteiger partial charge in [-0.3, -0.25) is 9.48 Å². The van der Waals surface area contributed by atoms with E-state index in [1.165, 1.54) is 6.07 Å². The number of fused-ring (bicyclic) bond motifs is 3. The summed E-state index contributed by atoms with van der Waals surface area (Å²) >= 11 is 0. The minimum Gasteiger partial charge on any atom is -0.337 e. The molecule has 1 aromatic heterocycles. The number of piperidine rings is 1. The van der Waals surface area contributed by atoms with E-state index in [9.17, 15) is 14.4 Å². The number of nitriles is 1. The van der Waals surface area contributed by atoms with Gasteiger partial charge in [0.2, 0.25) is 5.91 Å². The van der Waals surface area contributed by atoms with Crippen molar-refractivity contribution < 1.29 is 9.18 Å². The normalized spacial score (nSPS) is 32.1. The Kier molecular flexibility index (Phi) is 4.91. The van der Waals surface area contributed by atoms with Gasteiger partial charge in [0, 0.05) is 31.5 Å². The van der Waals surface area contributed by atoms with Crippen LogP contribution in [0, 0.1) is 28.0 Å². The molecule has 5 nitrogen and oxygen atoms in total. The molecule has 5 unspecified atom stereocenters. The second-order valence-corrected chi connectivity index (χ2v) is 10.3. The fraction of sp³-hybridized carbons (Fsp3) is 0.625. The quantitative estimate of drug-likeness (QED) is 0.722. The molecule has 4 rings (SSSR count). The van der Waals surface area contributed by atoms with Crippen LogP contribution in [0.3, 0.4) is 0 Å². The van der Waals surface area contributed by atoms with Crippen LogP contribution in [0.4, 0.5) is 4.39 Å². The summed E-state index contributed by atoms with van der Waals surface area (Å²) in [5.74, 6) is -0.405. The number of nitrogens with zero attached hydrogens (tertiary/aromatic N) is 4. The molecule has 0 radical (unpaired) electrons. The standard InChI is InChI=1S/C24H31FN4O/c1-15(22-21-18(25)7-6-8-19(21)28(5)27-22)9-20(30)29-16(2)10-23(3)11-17(29)12-24(4,13-23)14-26/h6-8,15-17H,9-13H2,1-5H3. The summed E-state index contributed by atoms with van der Waals surface area (Å²) in [4.78, 5) is 15.5. The zero-order valence-corrected chi connectivity index (χ0v) is 18.6. The first-order valence-electron chi connectivity index (χ1n) is 10.9. The lowest BCUT2D eigenvalue weighted by Crippen LogP contribution is -2.58. The number of carbonyl (C=O) groups excluding carboxylic acids is 1. The summed E-state index contributed by atoms with van der Waals surface area (Å²) in [5, 5.41) is 14.8. The van der Waals surface area contributed by atoms with Gasteiger partial charge in [0.25, 0.3) is 0 Å². The van der Waals surface area contributed by atoms with E-state index >= 15 is 0 Å². The molecule has 1 saturated heterocycles. The molecule has 2 aromatic rings. The maximum atomic E-state index is 14.5. The molecular weight excluding hydrogens is 379 g/mol. The third kappa shape index (κ3) is 3.38. The number of benzene rings is 1. The first-order chi connectivity index (χ1) is 14.1. The third-order valence-corrected chi connectivity index (χ3v) is 7.25. The van der Waals surface area contributed by atoms with Crippen molar-refractivity contribution in [2.24, 2.45) is 17.9 Å². The fourth-order valence-electron chi connectivity index (χ4n) is 6.42. The molecule has 30 heavy (non-hydrogen) atoms. The van der Waals surface area contributed by atoms with Gasteiger partial charge in [-0.05, 0) is 57.1 Å². The Morgan fingerprint density at radius 2 is 2.10 bits per heavy atom. The smallest absolute Gasteiger partial charge is 0.223 e. The number of hydrogen-bond donors (Lipinski definition) is 0. The summed E-state index contributed by atoms with van der Waals surface area (Å²) in [6.45, 7) is 8.36. The summed E-state index contributed by atoms with van der Waals surface area (Å²) in [6, 6.07) is 7.73. The average Bonchev–Trinajstić information content (AvgIpc) is 2.98. The lowest BCUT2D eigenvalue weighted by molar-refractivity contribution is -0.146. The van der Waals surface area contributed by atoms with Gasteiger partial charge in [0.15, 0.2) is 0 Å². The van der Waals surface area contributed by atoms with Crippen LogP contribution >= 0.6 is 0 Å². The molecule has 160 valence electrons. The Morgan fingerprint density at radius 1 is 1.37 bits per heavy atom. The van der Waals surface area contributed by atoms with Crippen molar-refractivity contribution in [1.82, 2.24) is 14.7 Å². The first-order valence-corrected chi connectivity index (χ1v) is 10.9. The van der Waals surface area contributed by atoms with Gasteiger partial charge in [-0.2, -0.15) is 10.4 Å². The van der Waals surface area contributed by atoms with E-state index in [-0.39, 0.29) is 40.6 Å². The summed E-state index contributed by atoms with van der Waals surface area (Å²) in [5.41, 5.74) is 1.10. The predicted octanol–water partition coefficient (Wildman–Crippen LogP) is 4.92. The SMILES string of the molecule is CC(CC(=O)N1C(C)CC2(C)CC1CC(C)(C#N)C2)c1nn(C)c2cccc(F)c12. The van der Waals surface area contributed by atoms with Crippen LogP contribution in [0.15, 0.2) is 18.2 Å². The van der Waals surface area contributed by atoms with Gasteiger partial charge in [-0.1, -0.05) is 19.9 Å². The van der Waals surface area contributed by atoms with Gasteiger partial charge in [-0.15, -0.1) is 0 Å². The molecule has 2 aliphatic rings. The highest BCUT2D eigenvalue weighted by atomic mass is 19.1. The maximum absolute atomic E-state index is 14.5. The van der Waals surface area contributed by atoms with Crippen molar-refractivity contribution in [3.8, 4) is 6.07 Å². The van der Waals surface area contributed by atoms with Crippen molar-refractivity contribution in [2.75, 3.05) is 0 Å². The molecule has 1 saturated carbocycles. The summed E-state index contributed by atoms with van der Waals surface area (Å²) in [6.07, 6.45) is 3.79. The van der Waals surface area contributed by atoms with Crippen molar-refractivity contribution in [3.63, 3.8) is 0 Å². The third-order valence-electron chi connectivity index (χ3n) is 7.25. The van der Waals surface area contributed by atoms with Crippen LogP contribution in [-0.2, 0) is 11.8 Å². The molecule has 1 aromatic carbocycles. The van der Waals surface area contributed by atoms with E-state index in [4.69, 9.17) is 0 Å². The van der Waals surface area contributed by atoms with Gasteiger partial charge in [0.1, 0.15) is 5.82 Å². The zero-order valence-electron chi connectivity index (χ0n) is 18.6. The van der Waals surface area contributed by atoms with Gasteiger partial charge in [-0.25, -0.2) is 4.39 Å². The molecule has 1 aliphatic carbocycles. The lowest BCUT2D eigenvalue weighted by Gasteiger charge is -2.56. The number of aromatic nitrogens is 2. The molecule has 1 aliphatic heterocycles. The number of halogens is 1. The highest BCUT2D eigenvalue weighted by Gasteiger charge is 2.51. The van der Waals surface area contributed by atoms with E-state index < -0.39 is 0 Å². The van der Waals surface area contributed by atoms with Crippen LogP contribution in [-0.4, -0.2) is 32.7 Å². The molecule has 2 bridgehead atoms. The number of likely N-dealkylation sites (tertiary alicyclic amines) is 1. The van der Waals surface area contributed by atoms with Crippen LogP contribution in [0.5, 0.6) is 0 Å². The number of carbonyl (C=O) groups is 1. The minimum atomic E-state index is -0.387. The second-order valence-electron chi connectivity index (χ2n) is 10.3. The number of hydrogen-bond acceptors (Lipinski definition) is 3. The van der Waals surface area contributed by atoms with E-state index in [0.29, 0.717) is 17.5 Å². The van der Waals surface area contributed by atoms with E-state index in [1.54, 1.807) is 17.8 Å². The molecule has 1 amide bonds. The molecule has 0 N–H and O–H groups in total. The highest BCUT2D eigenvalue weighted by Crippen LogP contribution is 2.53. The molecule has 2 heterocycles. The number of aryl methyl sites for hydroxylation is 1. The second kappa shape index (κ2) is 7.08. The maximum Gasteiger partial charge on any atom is 0.223 e. The summed E-state index contributed by atoms with van der Waals surface area (Å²) < 4.78 is 16.2. The van der Waals surface area contributed by atoms with Crippen LogP contribution in [0.1, 0.15) is 71.4 Å². The van der Waals surface area contributed by atoms with E-state index in [1.807, 2.05) is 24.8 Å². The molecule has 5 atom stereocenters. The van der Waals surface area contributed by atoms with Crippen LogP contribution < -0.4 is 0 Å². The summed E-state index contributed by atoms with van der Waals surface area (Å²) in [7, 11) is 1.80. The molecular formula is C24H31FN4O. The van der Waals surface area contributed by atoms with Gasteiger partial charge >= 0.3 is 0 Å². The van der Waals surface area contributed by atoms with Crippen LogP contribution in [0.25, 0.3) is 10.9 Å². The largest absolute Gasteiger partial charge is 0.337 e. The Balaban J connectivity index is 1.59. The van der Waals surface area contributed by atoms with E-state index in [2.05, 4.69) is 25.0 Å². The Labute approximate surface area is 177 Å². The first kappa shape index (κ1) is 20.8. The van der Waals surface area contributed by atoms with Crippen LogP contribution in [0.2, 0.25) is 0 Å². The highest BCUT2D eigenvalue weighted by molar-refractivity contribution is 5.84. The minimum absolute atomic E-state index is 0.0828. The molecule has 2 fully saturated rings. The number of rotatable bonds is 3. The molecule has 6 heteroatoms. The van der Waals surface area contributed by atoms with Crippen molar-refractivity contribution in [2.45, 2.75) is 77.8 Å². The number of amides is 1. The van der Waals surface area contributed by atoms with E-state index in [0.717, 1.165) is 31.2 Å². The zero-order chi connectivity index (χ0) is 21.8. The lowest BCUT2D eigenvalue weighted by atomic mass is 9.58. The average molecular weight is 411 g/mol. The van der Waals surface area contributed by atoms with Gasteiger partial charge in [0.05, 0.1) is 28.1 Å². The predicted molar refractivity (Wildman–Crippen MR) is 114 cm³/mol. The Hall–Kier alpha value is -2.42. The fourth-order valence-corrected chi connectivity index (χ4v) is 6.42. The Bertz CT molecular complexity index is 1040. The van der Waals surface area contributed by atoms with Crippen molar-refractivity contribution in [3.05, 3.63) is 29.7 Å².